The molecule has 2 rings (SSSR count). The Morgan fingerprint density at radius 3 is 2.78 bits per heavy atom. The van der Waals surface area contributed by atoms with E-state index in [2.05, 4.69) is 5.32 Å². The lowest BCUT2D eigenvalue weighted by atomic mass is 10.1. The average Bonchev–Trinajstić information content (AvgIpc) is 2.35. The molecule has 18 heavy (non-hydrogen) atoms. The van der Waals surface area contributed by atoms with Crippen molar-refractivity contribution < 1.29 is 9.59 Å². The van der Waals surface area contributed by atoms with E-state index in [-0.39, 0.29) is 18.4 Å². The van der Waals surface area contributed by atoms with Crippen LogP contribution in [0, 0.1) is 6.92 Å². The summed E-state index contributed by atoms with van der Waals surface area (Å²) in [5.41, 5.74) is 1.62. The molecule has 0 saturated carbocycles. The molecule has 96 valence electrons. The van der Waals surface area contributed by atoms with Crippen LogP contribution in [0.5, 0.6) is 0 Å². The fourth-order valence-corrected chi connectivity index (χ4v) is 2.13. The number of carbonyl (C=O) groups is 2. The molecule has 2 amide bonds. The van der Waals surface area contributed by atoms with Crippen molar-refractivity contribution in [2.45, 2.75) is 26.3 Å². The lowest BCUT2D eigenvalue weighted by Gasteiger charge is -2.32. The third-order valence-corrected chi connectivity index (χ3v) is 3.48. The molecule has 1 fully saturated rings. The summed E-state index contributed by atoms with van der Waals surface area (Å²) >= 11 is 6.05. The number of amides is 2. The van der Waals surface area contributed by atoms with Gasteiger partial charge in [0.1, 0.15) is 12.6 Å². The molecule has 1 aliphatic heterocycles. The van der Waals surface area contributed by atoms with Gasteiger partial charge in [-0.3, -0.25) is 9.59 Å². The van der Waals surface area contributed by atoms with Crippen LogP contribution >= 0.6 is 11.6 Å². The Hall–Kier alpha value is -1.55. The molecule has 0 aliphatic carbocycles. The van der Waals surface area contributed by atoms with Gasteiger partial charge in [0.25, 0.3) is 0 Å². The van der Waals surface area contributed by atoms with Crippen molar-refractivity contribution in [3.05, 3.63) is 28.8 Å². The van der Waals surface area contributed by atoms with Crippen LogP contribution in [-0.2, 0) is 9.59 Å². The summed E-state index contributed by atoms with van der Waals surface area (Å²) in [5, 5.41) is 3.28. The predicted octanol–water partition coefficient (Wildman–Crippen LogP) is 1.89. The third-order valence-electron chi connectivity index (χ3n) is 3.08. The number of aryl methyl sites for hydroxylation is 1. The van der Waals surface area contributed by atoms with Gasteiger partial charge in [-0.25, -0.2) is 0 Å². The number of nitrogens with one attached hydrogen (secondary N) is 1. The monoisotopic (exact) mass is 266 g/mol. The first-order valence-electron chi connectivity index (χ1n) is 5.89. The number of hydrogen-bond acceptors (Lipinski definition) is 2. The second-order valence-corrected chi connectivity index (χ2v) is 4.79. The predicted molar refractivity (Wildman–Crippen MR) is 70.8 cm³/mol. The highest BCUT2D eigenvalue weighted by molar-refractivity contribution is 6.31. The Morgan fingerprint density at radius 1 is 1.44 bits per heavy atom. The first kappa shape index (κ1) is 12.9. The van der Waals surface area contributed by atoms with Gasteiger partial charge >= 0.3 is 0 Å². The van der Waals surface area contributed by atoms with Gasteiger partial charge in [0.05, 0.1) is 0 Å². The molecule has 1 heterocycles. The van der Waals surface area contributed by atoms with E-state index in [9.17, 15) is 9.59 Å². The molecular formula is C13H15ClN2O2. The summed E-state index contributed by atoms with van der Waals surface area (Å²) in [5.74, 6) is -0.227. The van der Waals surface area contributed by atoms with Gasteiger partial charge in [-0.15, -0.1) is 0 Å². The number of piperazine rings is 1. The normalized spacial score (nSPS) is 19.9. The number of hydrogen-bond donors (Lipinski definition) is 1. The van der Waals surface area contributed by atoms with Crippen molar-refractivity contribution >= 4 is 29.1 Å². The molecule has 0 radical (unpaired) electrons. The maximum absolute atomic E-state index is 12.2. The number of nitrogens with zero attached hydrogens (tertiary/aromatic N) is 1. The summed E-state index contributed by atoms with van der Waals surface area (Å²) in [4.78, 5) is 25.2. The number of halogens is 1. The van der Waals surface area contributed by atoms with Crippen LogP contribution in [0.25, 0.3) is 0 Å². The Bertz CT molecular complexity index is 502. The van der Waals surface area contributed by atoms with E-state index in [1.807, 2.05) is 26.0 Å². The molecule has 1 N–H and O–H groups in total. The zero-order valence-electron chi connectivity index (χ0n) is 10.4. The third kappa shape index (κ3) is 2.34. The van der Waals surface area contributed by atoms with E-state index >= 15 is 0 Å². The molecular weight excluding hydrogens is 252 g/mol. The highest BCUT2D eigenvalue weighted by Gasteiger charge is 2.32. The zero-order valence-corrected chi connectivity index (χ0v) is 11.1. The highest BCUT2D eigenvalue weighted by Crippen LogP contribution is 2.24. The van der Waals surface area contributed by atoms with E-state index in [0.29, 0.717) is 17.1 Å². The summed E-state index contributed by atoms with van der Waals surface area (Å²) < 4.78 is 0. The van der Waals surface area contributed by atoms with Gasteiger partial charge in [0.15, 0.2) is 0 Å². The largest absolute Gasteiger partial charge is 0.343 e. The van der Waals surface area contributed by atoms with E-state index in [1.54, 1.807) is 6.07 Å². The smallest absolute Gasteiger partial charge is 0.250 e. The van der Waals surface area contributed by atoms with Gasteiger partial charge in [-0.05, 0) is 31.0 Å². The SMILES string of the molecule is CCC1NC(=O)CN(c2ccc(C)c(Cl)c2)C1=O. The molecule has 0 bridgehead atoms. The van der Waals surface area contributed by atoms with Gasteiger partial charge in [0.2, 0.25) is 11.8 Å². The molecule has 1 saturated heterocycles. The minimum atomic E-state index is -0.439. The molecule has 1 aliphatic rings. The maximum atomic E-state index is 12.2. The molecule has 1 unspecified atom stereocenters. The van der Waals surface area contributed by atoms with Crippen molar-refractivity contribution in [2.75, 3.05) is 11.4 Å². The van der Waals surface area contributed by atoms with Crippen molar-refractivity contribution in [1.29, 1.82) is 0 Å². The van der Waals surface area contributed by atoms with E-state index < -0.39 is 6.04 Å². The fraction of sp³-hybridized carbons (Fsp3) is 0.385. The minimum Gasteiger partial charge on any atom is -0.343 e. The summed E-state index contributed by atoms with van der Waals surface area (Å²) in [7, 11) is 0. The Labute approximate surface area is 111 Å². The van der Waals surface area contributed by atoms with Crippen LogP contribution in [0.2, 0.25) is 5.02 Å². The van der Waals surface area contributed by atoms with Gasteiger partial charge < -0.3 is 10.2 Å². The number of rotatable bonds is 2. The summed E-state index contributed by atoms with van der Waals surface area (Å²) in [6.45, 7) is 3.81. The van der Waals surface area contributed by atoms with Crippen molar-refractivity contribution in [1.82, 2.24) is 5.32 Å². The Kier molecular flexibility index (Phi) is 3.57. The van der Waals surface area contributed by atoms with Gasteiger partial charge in [0, 0.05) is 10.7 Å². The molecule has 5 heteroatoms. The first-order chi connectivity index (χ1) is 8.52. The van der Waals surface area contributed by atoms with Gasteiger partial charge in [-0.2, -0.15) is 0 Å². The van der Waals surface area contributed by atoms with Crippen molar-refractivity contribution in [3.8, 4) is 0 Å². The lowest BCUT2D eigenvalue weighted by Crippen LogP contribution is -2.58. The Balaban J connectivity index is 2.33. The van der Waals surface area contributed by atoms with Crippen LogP contribution in [0.15, 0.2) is 18.2 Å². The molecule has 4 nitrogen and oxygen atoms in total. The van der Waals surface area contributed by atoms with E-state index in [0.717, 1.165) is 5.56 Å². The molecule has 1 aromatic rings. The fourth-order valence-electron chi connectivity index (χ4n) is 1.96. The molecule has 0 spiro atoms. The van der Waals surface area contributed by atoms with E-state index in [4.69, 9.17) is 11.6 Å². The first-order valence-corrected chi connectivity index (χ1v) is 6.27. The van der Waals surface area contributed by atoms with Crippen LogP contribution < -0.4 is 10.2 Å². The quantitative estimate of drug-likeness (QED) is 0.889. The number of benzene rings is 1. The number of carbonyl (C=O) groups excluding carboxylic acids is 2. The highest BCUT2D eigenvalue weighted by atomic mass is 35.5. The Morgan fingerprint density at radius 2 is 2.17 bits per heavy atom. The number of anilines is 1. The molecule has 0 aromatic heterocycles. The second-order valence-electron chi connectivity index (χ2n) is 4.39. The van der Waals surface area contributed by atoms with Gasteiger partial charge in [-0.1, -0.05) is 24.6 Å². The topological polar surface area (TPSA) is 49.4 Å². The maximum Gasteiger partial charge on any atom is 0.250 e. The van der Waals surface area contributed by atoms with Crippen molar-refractivity contribution in [2.24, 2.45) is 0 Å². The van der Waals surface area contributed by atoms with Crippen LogP contribution in [0.4, 0.5) is 5.69 Å². The zero-order chi connectivity index (χ0) is 13.3. The van der Waals surface area contributed by atoms with Crippen LogP contribution in [-0.4, -0.2) is 24.4 Å². The van der Waals surface area contributed by atoms with E-state index in [1.165, 1.54) is 4.90 Å². The molecule has 1 atom stereocenters. The van der Waals surface area contributed by atoms with Crippen LogP contribution in [0.3, 0.4) is 0 Å². The van der Waals surface area contributed by atoms with Crippen LogP contribution in [0.1, 0.15) is 18.9 Å². The van der Waals surface area contributed by atoms with Crippen molar-refractivity contribution in [3.63, 3.8) is 0 Å². The molecule has 1 aromatic carbocycles. The lowest BCUT2D eigenvalue weighted by molar-refractivity contribution is -0.131. The minimum absolute atomic E-state index is 0.0503. The average molecular weight is 267 g/mol. The second kappa shape index (κ2) is 4.98. The standard InChI is InChI=1S/C13H15ClN2O2/c1-3-11-13(18)16(7-12(17)15-11)9-5-4-8(2)10(14)6-9/h4-6,11H,3,7H2,1-2H3,(H,15,17). The summed E-state index contributed by atoms with van der Waals surface area (Å²) in [6.07, 6.45) is 0.584. The summed E-state index contributed by atoms with van der Waals surface area (Å²) in [6, 6.07) is 4.94.